The molecule has 15 heavy (non-hydrogen) atoms. The lowest BCUT2D eigenvalue weighted by Crippen LogP contribution is -2.40. The van der Waals surface area contributed by atoms with Gasteiger partial charge in [0.05, 0.1) is 0 Å². The molecule has 0 spiro atoms. The first kappa shape index (κ1) is 9.09. The lowest BCUT2D eigenvalue weighted by Gasteiger charge is -2.24. The van der Waals surface area contributed by atoms with Gasteiger partial charge in [0, 0.05) is 25.3 Å². The zero-order valence-electron chi connectivity index (χ0n) is 8.76. The SMILES string of the molecule is c1cnnc(N2C[C@@H]3CCCN[C@@H]3C2)c1. The van der Waals surface area contributed by atoms with Crippen LogP contribution in [-0.4, -0.2) is 35.9 Å². The molecule has 1 aromatic rings. The van der Waals surface area contributed by atoms with Gasteiger partial charge in [0.25, 0.3) is 0 Å². The van der Waals surface area contributed by atoms with Gasteiger partial charge in [-0.3, -0.25) is 0 Å². The zero-order valence-corrected chi connectivity index (χ0v) is 8.76. The van der Waals surface area contributed by atoms with Crippen molar-refractivity contribution >= 4 is 5.82 Å². The fourth-order valence-corrected chi connectivity index (χ4v) is 2.70. The molecule has 1 N–H and O–H groups in total. The molecular weight excluding hydrogens is 188 g/mol. The van der Waals surface area contributed by atoms with Gasteiger partial charge in [-0.25, -0.2) is 0 Å². The highest BCUT2D eigenvalue weighted by atomic mass is 15.3. The van der Waals surface area contributed by atoms with Crippen molar-refractivity contribution in [3.63, 3.8) is 0 Å². The van der Waals surface area contributed by atoms with E-state index in [1.807, 2.05) is 12.1 Å². The van der Waals surface area contributed by atoms with Gasteiger partial charge in [0.2, 0.25) is 0 Å². The standard InChI is InChI=1S/C11H16N4/c1-3-9-7-15(8-10(9)12-5-1)11-4-2-6-13-14-11/h2,4,6,9-10,12H,1,3,5,7-8H2/t9-,10+/m0/s1. The van der Waals surface area contributed by atoms with E-state index < -0.39 is 0 Å². The van der Waals surface area contributed by atoms with Crippen LogP contribution in [0.5, 0.6) is 0 Å². The fourth-order valence-electron chi connectivity index (χ4n) is 2.70. The smallest absolute Gasteiger partial charge is 0.151 e. The van der Waals surface area contributed by atoms with E-state index in [1.165, 1.54) is 19.4 Å². The summed E-state index contributed by atoms with van der Waals surface area (Å²) in [6.45, 7) is 3.40. The molecular formula is C11H16N4. The molecule has 2 aliphatic rings. The second-order valence-electron chi connectivity index (χ2n) is 4.45. The topological polar surface area (TPSA) is 41.1 Å². The number of piperidine rings is 1. The first-order chi connectivity index (χ1) is 7.43. The monoisotopic (exact) mass is 204 g/mol. The number of nitrogens with one attached hydrogen (secondary N) is 1. The molecule has 4 nitrogen and oxygen atoms in total. The van der Waals surface area contributed by atoms with Crippen molar-refractivity contribution in [2.45, 2.75) is 18.9 Å². The molecule has 0 bridgehead atoms. The van der Waals surface area contributed by atoms with Crippen LogP contribution in [0.2, 0.25) is 0 Å². The normalized spacial score (nSPS) is 30.3. The average molecular weight is 204 g/mol. The number of hydrogen-bond acceptors (Lipinski definition) is 4. The van der Waals surface area contributed by atoms with Gasteiger partial charge < -0.3 is 10.2 Å². The first-order valence-corrected chi connectivity index (χ1v) is 5.69. The number of nitrogens with zero attached hydrogens (tertiary/aromatic N) is 3. The Kier molecular flexibility index (Phi) is 2.29. The summed E-state index contributed by atoms with van der Waals surface area (Å²) in [4.78, 5) is 2.35. The third-order valence-electron chi connectivity index (χ3n) is 3.48. The molecule has 2 fully saturated rings. The van der Waals surface area contributed by atoms with Crippen LogP contribution in [0.15, 0.2) is 18.3 Å². The van der Waals surface area contributed by atoms with Crippen LogP contribution in [0.1, 0.15) is 12.8 Å². The van der Waals surface area contributed by atoms with Gasteiger partial charge in [0.15, 0.2) is 5.82 Å². The van der Waals surface area contributed by atoms with Gasteiger partial charge in [-0.15, -0.1) is 5.10 Å². The van der Waals surface area contributed by atoms with Crippen LogP contribution >= 0.6 is 0 Å². The van der Waals surface area contributed by atoms with Gasteiger partial charge >= 0.3 is 0 Å². The van der Waals surface area contributed by atoms with Crippen LogP contribution in [0.3, 0.4) is 0 Å². The third kappa shape index (κ3) is 1.69. The molecule has 0 aliphatic carbocycles. The Hall–Kier alpha value is -1.16. The summed E-state index contributed by atoms with van der Waals surface area (Å²) in [6, 6.07) is 4.67. The van der Waals surface area contributed by atoms with Crippen molar-refractivity contribution in [2.75, 3.05) is 24.5 Å². The van der Waals surface area contributed by atoms with Gasteiger partial charge in [-0.2, -0.15) is 5.10 Å². The molecule has 4 heteroatoms. The van der Waals surface area contributed by atoms with Crippen LogP contribution in [0.25, 0.3) is 0 Å². The molecule has 3 rings (SSSR count). The van der Waals surface area contributed by atoms with E-state index in [4.69, 9.17) is 0 Å². The molecule has 0 unspecified atom stereocenters. The Bertz CT molecular complexity index is 313. The lowest BCUT2D eigenvalue weighted by atomic mass is 9.94. The largest absolute Gasteiger partial charge is 0.353 e. The summed E-state index contributed by atoms with van der Waals surface area (Å²) < 4.78 is 0. The van der Waals surface area contributed by atoms with E-state index in [2.05, 4.69) is 20.4 Å². The lowest BCUT2D eigenvalue weighted by molar-refractivity contribution is 0.340. The predicted molar refractivity (Wildman–Crippen MR) is 58.8 cm³/mol. The van der Waals surface area contributed by atoms with Crippen molar-refractivity contribution in [2.24, 2.45) is 5.92 Å². The fraction of sp³-hybridized carbons (Fsp3) is 0.636. The summed E-state index contributed by atoms with van der Waals surface area (Å²) >= 11 is 0. The molecule has 80 valence electrons. The van der Waals surface area contributed by atoms with Crippen LogP contribution < -0.4 is 10.2 Å². The summed E-state index contributed by atoms with van der Waals surface area (Å²) in [5, 5.41) is 11.7. The second kappa shape index (κ2) is 3.77. The predicted octanol–water partition coefficient (Wildman–Crippen LogP) is 0.665. The second-order valence-corrected chi connectivity index (χ2v) is 4.45. The molecule has 3 heterocycles. The van der Waals surface area contributed by atoms with Crippen molar-refractivity contribution in [1.29, 1.82) is 0 Å². The third-order valence-corrected chi connectivity index (χ3v) is 3.48. The van der Waals surface area contributed by atoms with E-state index in [9.17, 15) is 0 Å². The van der Waals surface area contributed by atoms with Gasteiger partial charge in [-0.05, 0) is 37.4 Å². The van der Waals surface area contributed by atoms with Gasteiger partial charge in [-0.1, -0.05) is 0 Å². The van der Waals surface area contributed by atoms with Crippen LogP contribution in [-0.2, 0) is 0 Å². The van der Waals surface area contributed by atoms with Gasteiger partial charge in [0.1, 0.15) is 0 Å². The van der Waals surface area contributed by atoms with E-state index in [0.29, 0.717) is 6.04 Å². The summed E-state index contributed by atoms with van der Waals surface area (Å²) in [5.74, 6) is 1.83. The Morgan fingerprint density at radius 1 is 1.40 bits per heavy atom. The summed E-state index contributed by atoms with van der Waals surface area (Å²) in [5.41, 5.74) is 0. The molecule has 0 amide bonds. The van der Waals surface area contributed by atoms with E-state index >= 15 is 0 Å². The maximum absolute atomic E-state index is 4.17. The highest BCUT2D eigenvalue weighted by molar-refractivity contribution is 5.38. The van der Waals surface area contributed by atoms with Crippen molar-refractivity contribution in [3.8, 4) is 0 Å². The molecule has 1 aromatic heterocycles. The van der Waals surface area contributed by atoms with Crippen LogP contribution in [0, 0.1) is 5.92 Å². The highest BCUT2D eigenvalue weighted by Gasteiger charge is 2.34. The molecule has 0 aromatic carbocycles. The molecule has 0 saturated carbocycles. The van der Waals surface area contributed by atoms with Crippen LogP contribution in [0.4, 0.5) is 5.82 Å². The maximum Gasteiger partial charge on any atom is 0.151 e. The van der Waals surface area contributed by atoms with E-state index in [1.54, 1.807) is 6.20 Å². The molecule has 0 radical (unpaired) electrons. The number of hydrogen-bond donors (Lipinski definition) is 1. The zero-order chi connectivity index (χ0) is 10.1. The minimum atomic E-state index is 0.667. The molecule has 2 aliphatic heterocycles. The summed E-state index contributed by atoms with van der Waals surface area (Å²) in [6.07, 6.45) is 4.40. The Morgan fingerprint density at radius 3 is 3.20 bits per heavy atom. The average Bonchev–Trinajstić information content (AvgIpc) is 2.74. The van der Waals surface area contributed by atoms with E-state index in [0.717, 1.165) is 24.8 Å². The van der Waals surface area contributed by atoms with Crippen molar-refractivity contribution in [3.05, 3.63) is 18.3 Å². The van der Waals surface area contributed by atoms with Crippen molar-refractivity contribution in [1.82, 2.24) is 15.5 Å². The number of aromatic nitrogens is 2. The summed E-state index contributed by atoms with van der Waals surface area (Å²) in [7, 11) is 0. The maximum atomic E-state index is 4.17. The Balaban J connectivity index is 1.75. The minimum absolute atomic E-state index is 0.667. The van der Waals surface area contributed by atoms with E-state index in [-0.39, 0.29) is 0 Å². The Labute approximate surface area is 89.7 Å². The number of rotatable bonds is 1. The highest BCUT2D eigenvalue weighted by Crippen LogP contribution is 2.27. The molecule has 2 saturated heterocycles. The molecule has 2 atom stereocenters. The number of fused-ring (bicyclic) bond motifs is 1. The van der Waals surface area contributed by atoms with Crippen molar-refractivity contribution < 1.29 is 0 Å². The number of anilines is 1. The first-order valence-electron chi connectivity index (χ1n) is 5.69. The quantitative estimate of drug-likeness (QED) is 0.730. The minimum Gasteiger partial charge on any atom is -0.353 e. The Morgan fingerprint density at radius 2 is 2.40 bits per heavy atom.